The zero-order chi connectivity index (χ0) is 12.1. The molecule has 0 saturated carbocycles. The van der Waals surface area contributed by atoms with Crippen LogP contribution in [0.3, 0.4) is 0 Å². The van der Waals surface area contributed by atoms with E-state index in [0.717, 1.165) is 38.8 Å². The Balaban J connectivity index is 0.00000256. The highest BCUT2D eigenvalue weighted by molar-refractivity contribution is 5.85. The van der Waals surface area contributed by atoms with Gasteiger partial charge in [0.05, 0.1) is 0 Å². The van der Waals surface area contributed by atoms with Crippen molar-refractivity contribution >= 4 is 18.3 Å². The minimum atomic E-state index is 0. The first-order valence-electron chi connectivity index (χ1n) is 6.64. The van der Waals surface area contributed by atoms with Crippen LogP contribution in [0.2, 0.25) is 0 Å². The first-order valence-corrected chi connectivity index (χ1v) is 6.64. The van der Waals surface area contributed by atoms with E-state index in [1.54, 1.807) is 0 Å². The number of hydrogen-bond acceptors (Lipinski definition) is 2. The normalized spacial score (nSPS) is 19.0. The van der Waals surface area contributed by atoms with Gasteiger partial charge in [0.2, 0.25) is 5.91 Å². The quantitative estimate of drug-likeness (QED) is 0.846. The Morgan fingerprint density at radius 1 is 1.29 bits per heavy atom. The van der Waals surface area contributed by atoms with Crippen molar-refractivity contribution in [3.05, 3.63) is 0 Å². The molecule has 3 nitrogen and oxygen atoms in total. The molecule has 4 heteroatoms. The number of hydrogen-bond donors (Lipinski definition) is 1. The van der Waals surface area contributed by atoms with Gasteiger partial charge in [-0.15, -0.1) is 12.4 Å². The minimum absolute atomic E-state index is 0. The summed E-state index contributed by atoms with van der Waals surface area (Å²) in [6.07, 6.45) is 4.07. The van der Waals surface area contributed by atoms with Crippen LogP contribution in [0.4, 0.5) is 0 Å². The topological polar surface area (TPSA) is 46.3 Å². The molecule has 0 aliphatic carbocycles. The molecule has 1 amide bonds. The molecule has 17 heavy (non-hydrogen) atoms. The first kappa shape index (κ1) is 16.7. The van der Waals surface area contributed by atoms with Gasteiger partial charge >= 0.3 is 0 Å². The highest BCUT2D eigenvalue weighted by Gasteiger charge is 2.27. The zero-order valence-corrected chi connectivity index (χ0v) is 12.1. The fourth-order valence-electron chi connectivity index (χ4n) is 2.54. The largest absolute Gasteiger partial charge is 0.342 e. The van der Waals surface area contributed by atoms with Crippen molar-refractivity contribution in [1.29, 1.82) is 0 Å². The first-order chi connectivity index (χ1) is 7.60. The van der Waals surface area contributed by atoms with E-state index >= 15 is 0 Å². The zero-order valence-electron chi connectivity index (χ0n) is 11.3. The van der Waals surface area contributed by atoms with Gasteiger partial charge in [-0.2, -0.15) is 0 Å². The van der Waals surface area contributed by atoms with Crippen LogP contribution in [0, 0.1) is 11.8 Å². The number of nitrogens with two attached hydrogens (primary N) is 1. The van der Waals surface area contributed by atoms with Crippen LogP contribution >= 0.6 is 12.4 Å². The molecule has 0 radical (unpaired) electrons. The lowest BCUT2D eigenvalue weighted by Gasteiger charge is -2.35. The fourth-order valence-corrected chi connectivity index (χ4v) is 2.54. The second kappa shape index (κ2) is 7.93. The smallest absolute Gasteiger partial charge is 0.225 e. The van der Waals surface area contributed by atoms with Crippen LogP contribution in [0.1, 0.15) is 46.5 Å². The predicted octanol–water partition coefficient (Wildman–Crippen LogP) is 2.43. The van der Waals surface area contributed by atoms with Gasteiger partial charge in [-0.3, -0.25) is 4.79 Å². The van der Waals surface area contributed by atoms with Crippen molar-refractivity contribution in [3.63, 3.8) is 0 Å². The lowest BCUT2D eigenvalue weighted by molar-refractivity contribution is -0.137. The number of rotatable bonds is 4. The number of carbonyl (C=O) groups excluding carboxylic acids is 1. The standard InChI is InChI=1S/C13H26N2O.ClH/c1-4-11(5-2)13(16)15-8-6-12(7-9-15)10(3)14;/h10-12H,4-9,14H2,1-3H3;1H. The van der Waals surface area contributed by atoms with Crippen LogP contribution in [-0.4, -0.2) is 29.9 Å². The fraction of sp³-hybridized carbons (Fsp3) is 0.923. The third kappa shape index (κ3) is 4.47. The average Bonchev–Trinajstić information content (AvgIpc) is 2.30. The summed E-state index contributed by atoms with van der Waals surface area (Å²) < 4.78 is 0. The maximum absolute atomic E-state index is 12.1. The van der Waals surface area contributed by atoms with Gasteiger partial charge in [0.1, 0.15) is 0 Å². The van der Waals surface area contributed by atoms with Crippen molar-refractivity contribution in [2.45, 2.75) is 52.5 Å². The molecular weight excluding hydrogens is 236 g/mol. The summed E-state index contributed by atoms with van der Waals surface area (Å²) in [5.74, 6) is 1.19. The Labute approximate surface area is 112 Å². The summed E-state index contributed by atoms with van der Waals surface area (Å²) in [5.41, 5.74) is 5.90. The highest BCUT2D eigenvalue weighted by Crippen LogP contribution is 2.22. The highest BCUT2D eigenvalue weighted by atomic mass is 35.5. The van der Waals surface area contributed by atoms with Crippen molar-refractivity contribution < 1.29 is 4.79 Å². The number of amides is 1. The van der Waals surface area contributed by atoms with Crippen LogP contribution in [0.25, 0.3) is 0 Å². The number of nitrogens with zero attached hydrogens (tertiary/aromatic N) is 1. The molecule has 0 bridgehead atoms. The van der Waals surface area contributed by atoms with E-state index in [1.807, 2.05) is 4.90 Å². The predicted molar refractivity (Wildman–Crippen MR) is 74.3 cm³/mol. The van der Waals surface area contributed by atoms with E-state index in [-0.39, 0.29) is 24.4 Å². The van der Waals surface area contributed by atoms with Gasteiger partial charge < -0.3 is 10.6 Å². The van der Waals surface area contributed by atoms with E-state index < -0.39 is 0 Å². The van der Waals surface area contributed by atoms with Gasteiger partial charge in [-0.05, 0) is 38.5 Å². The molecule has 1 fully saturated rings. The van der Waals surface area contributed by atoms with Crippen molar-refractivity contribution in [1.82, 2.24) is 4.90 Å². The number of piperidine rings is 1. The SMILES string of the molecule is CCC(CC)C(=O)N1CCC(C(C)N)CC1.Cl. The lowest BCUT2D eigenvalue weighted by Crippen LogP contribution is -2.44. The molecule has 102 valence electrons. The molecule has 1 unspecified atom stereocenters. The summed E-state index contributed by atoms with van der Waals surface area (Å²) in [7, 11) is 0. The summed E-state index contributed by atoms with van der Waals surface area (Å²) in [6.45, 7) is 8.08. The van der Waals surface area contributed by atoms with Gasteiger partial charge in [-0.1, -0.05) is 13.8 Å². The van der Waals surface area contributed by atoms with E-state index in [4.69, 9.17) is 5.73 Å². The third-order valence-electron chi connectivity index (χ3n) is 3.93. The summed E-state index contributed by atoms with van der Waals surface area (Å²) >= 11 is 0. The molecule has 1 atom stereocenters. The number of carbonyl (C=O) groups is 1. The minimum Gasteiger partial charge on any atom is -0.342 e. The van der Waals surface area contributed by atoms with Gasteiger partial charge in [0.25, 0.3) is 0 Å². The molecule has 1 heterocycles. The van der Waals surface area contributed by atoms with Crippen molar-refractivity contribution in [2.24, 2.45) is 17.6 Å². The molecule has 1 aliphatic heterocycles. The second-order valence-electron chi connectivity index (χ2n) is 5.04. The molecule has 0 aromatic heterocycles. The van der Waals surface area contributed by atoms with Gasteiger partial charge in [-0.25, -0.2) is 0 Å². The average molecular weight is 263 g/mol. The number of halogens is 1. The molecule has 1 aliphatic rings. The maximum atomic E-state index is 12.1. The van der Waals surface area contributed by atoms with Gasteiger partial charge in [0, 0.05) is 25.0 Å². The Morgan fingerprint density at radius 2 is 1.76 bits per heavy atom. The summed E-state index contributed by atoms with van der Waals surface area (Å²) in [6, 6.07) is 0.269. The Hall–Kier alpha value is -0.280. The Kier molecular flexibility index (Phi) is 7.80. The van der Waals surface area contributed by atoms with Crippen molar-refractivity contribution in [3.8, 4) is 0 Å². The van der Waals surface area contributed by atoms with E-state index in [9.17, 15) is 4.79 Å². The van der Waals surface area contributed by atoms with Crippen molar-refractivity contribution in [2.75, 3.05) is 13.1 Å². The molecule has 0 aromatic carbocycles. The Bertz CT molecular complexity index is 221. The molecule has 2 N–H and O–H groups in total. The van der Waals surface area contributed by atoms with Crippen LogP contribution < -0.4 is 5.73 Å². The lowest BCUT2D eigenvalue weighted by atomic mass is 9.90. The van der Waals surface area contributed by atoms with E-state index in [2.05, 4.69) is 20.8 Å². The van der Waals surface area contributed by atoms with Crippen LogP contribution in [-0.2, 0) is 4.79 Å². The molecule has 1 saturated heterocycles. The molecule has 1 rings (SSSR count). The summed E-state index contributed by atoms with van der Waals surface area (Å²) in [4.78, 5) is 14.2. The van der Waals surface area contributed by atoms with Crippen LogP contribution in [0.5, 0.6) is 0 Å². The van der Waals surface area contributed by atoms with Gasteiger partial charge in [0.15, 0.2) is 0 Å². The van der Waals surface area contributed by atoms with E-state index in [0.29, 0.717) is 11.8 Å². The summed E-state index contributed by atoms with van der Waals surface area (Å²) in [5, 5.41) is 0. The second-order valence-corrected chi connectivity index (χ2v) is 5.04. The Morgan fingerprint density at radius 3 is 2.12 bits per heavy atom. The van der Waals surface area contributed by atoms with Crippen LogP contribution in [0.15, 0.2) is 0 Å². The molecule has 0 spiro atoms. The maximum Gasteiger partial charge on any atom is 0.225 e. The number of likely N-dealkylation sites (tertiary alicyclic amines) is 1. The molecular formula is C13H27ClN2O. The van der Waals surface area contributed by atoms with E-state index in [1.165, 1.54) is 0 Å². The monoisotopic (exact) mass is 262 g/mol. The molecule has 0 aromatic rings. The third-order valence-corrected chi connectivity index (χ3v) is 3.93.